The fourth-order valence-corrected chi connectivity index (χ4v) is 3.82. The number of hydrogen-bond donors (Lipinski definition) is 0. The predicted octanol–water partition coefficient (Wildman–Crippen LogP) is 5.01. The van der Waals surface area contributed by atoms with Crippen LogP contribution >= 0.6 is 0 Å². The highest BCUT2D eigenvalue weighted by Crippen LogP contribution is 2.53. The summed E-state index contributed by atoms with van der Waals surface area (Å²) in [5.74, 6) is -10.8. The standard InChI is InChI=1S/C16H19F5O2/c1-3-4-11(16(20,21)12(17)13(18)19)14(22)23-15(2)8-9-5-6-10(15)7-9/h3,9-11H,1,4-8H2,2H3. The monoisotopic (exact) mass is 338 g/mol. The van der Waals surface area contributed by atoms with Gasteiger partial charge in [0.1, 0.15) is 11.5 Å². The number of allylic oxidation sites excluding steroid dienone is 2. The van der Waals surface area contributed by atoms with Crippen molar-refractivity contribution in [2.75, 3.05) is 0 Å². The van der Waals surface area contributed by atoms with E-state index in [0.717, 1.165) is 25.3 Å². The minimum Gasteiger partial charge on any atom is -0.459 e. The number of hydrogen-bond acceptors (Lipinski definition) is 2. The van der Waals surface area contributed by atoms with Gasteiger partial charge in [-0.05, 0) is 50.9 Å². The van der Waals surface area contributed by atoms with Crippen LogP contribution in [0.1, 0.15) is 39.0 Å². The molecular formula is C16H19F5O2. The molecule has 0 N–H and O–H groups in total. The molecular weight excluding hydrogens is 319 g/mol. The van der Waals surface area contributed by atoms with E-state index in [1.54, 1.807) is 6.92 Å². The van der Waals surface area contributed by atoms with Crippen LogP contribution in [-0.4, -0.2) is 17.5 Å². The zero-order valence-corrected chi connectivity index (χ0v) is 12.8. The van der Waals surface area contributed by atoms with Gasteiger partial charge in [0.2, 0.25) is 5.83 Å². The third kappa shape index (κ3) is 3.28. The normalized spacial score (nSPS) is 30.9. The van der Waals surface area contributed by atoms with Gasteiger partial charge in [-0.15, -0.1) is 6.58 Å². The van der Waals surface area contributed by atoms with Crippen molar-refractivity contribution in [2.24, 2.45) is 17.8 Å². The molecule has 0 radical (unpaired) electrons. The average Bonchev–Trinajstić information content (AvgIpc) is 3.03. The second-order valence-corrected chi connectivity index (χ2v) is 6.59. The minimum absolute atomic E-state index is 0.0766. The van der Waals surface area contributed by atoms with E-state index < -0.39 is 41.7 Å². The van der Waals surface area contributed by atoms with E-state index in [4.69, 9.17) is 4.74 Å². The zero-order chi connectivity index (χ0) is 17.4. The first-order valence-corrected chi connectivity index (χ1v) is 7.54. The predicted molar refractivity (Wildman–Crippen MR) is 73.5 cm³/mol. The summed E-state index contributed by atoms with van der Waals surface area (Å²) in [5, 5.41) is 0. The molecule has 0 aromatic carbocycles. The topological polar surface area (TPSA) is 26.3 Å². The molecule has 0 heterocycles. The average molecular weight is 338 g/mol. The number of ether oxygens (including phenoxy) is 1. The third-order valence-corrected chi connectivity index (χ3v) is 5.02. The van der Waals surface area contributed by atoms with Gasteiger partial charge in [0, 0.05) is 0 Å². The summed E-state index contributed by atoms with van der Waals surface area (Å²) in [6, 6.07) is 0. The van der Waals surface area contributed by atoms with Crippen molar-refractivity contribution in [2.45, 2.75) is 50.6 Å². The summed E-state index contributed by atoms with van der Waals surface area (Å²) < 4.78 is 70.7. The van der Waals surface area contributed by atoms with E-state index in [1.807, 2.05) is 0 Å². The molecule has 0 aromatic rings. The Morgan fingerprint density at radius 2 is 2.04 bits per heavy atom. The molecule has 0 spiro atoms. The Morgan fingerprint density at radius 3 is 2.48 bits per heavy atom. The Labute approximate surface area is 131 Å². The molecule has 0 aliphatic heterocycles. The van der Waals surface area contributed by atoms with Crippen LogP contribution in [0.5, 0.6) is 0 Å². The van der Waals surface area contributed by atoms with Gasteiger partial charge in [-0.2, -0.15) is 22.0 Å². The maximum atomic E-state index is 13.9. The van der Waals surface area contributed by atoms with Gasteiger partial charge in [-0.3, -0.25) is 4.79 Å². The molecule has 7 heteroatoms. The lowest BCUT2D eigenvalue weighted by Crippen LogP contribution is -2.43. The second-order valence-electron chi connectivity index (χ2n) is 6.59. The number of halogens is 5. The highest BCUT2D eigenvalue weighted by Gasteiger charge is 2.55. The quantitative estimate of drug-likeness (QED) is 0.386. The Hall–Kier alpha value is -1.40. The largest absolute Gasteiger partial charge is 0.459 e. The molecule has 0 aromatic heterocycles. The van der Waals surface area contributed by atoms with Crippen LogP contribution in [0.4, 0.5) is 22.0 Å². The van der Waals surface area contributed by atoms with Crippen LogP contribution in [0.2, 0.25) is 0 Å². The molecule has 130 valence electrons. The van der Waals surface area contributed by atoms with E-state index in [1.165, 1.54) is 0 Å². The minimum atomic E-state index is -4.63. The number of rotatable bonds is 6. The van der Waals surface area contributed by atoms with Gasteiger partial charge >= 0.3 is 18.0 Å². The van der Waals surface area contributed by atoms with Gasteiger partial charge in [0.25, 0.3) is 0 Å². The van der Waals surface area contributed by atoms with Gasteiger partial charge in [-0.1, -0.05) is 6.08 Å². The van der Waals surface area contributed by atoms with E-state index in [9.17, 15) is 26.7 Å². The van der Waals surface area contributed by atoms with Gasteiger partial charge in [0.15, 0.2) is 0 Å². The summed E-state index contributed by atoms with van der Waals surface area (Å²) in [5.41, 5.74) is -0.885. The van der Waals surface area contributed by atoms with Crippen molar-refractivity contribution in [3.05, 3.63) is 24.6 Å². The molecule has 2 aliphatic carbocycles. The Kier molecular flexibility index (Phi) is 4.87. The SMILES string of the molecule is C=CCC(C(=O)OC1(C)CC2CCC1C2)C(F)(F)C(F)=C(F)F. The number of fused-ring (bicyclic) bond motifs is 2. The smallest absolute Gasteiger partial charge is 0.317 e. The maximum absolute atomic E-state index is 13.9. The van der Waals surface area contributed by atoms with Crippen LogP contribution in [0.15, 0.2) is 24.6 Å². The van der Waals surface area contributed by atoms with Crippen molar-refractivity contribution < 1.29 is 31.5 Å². The first-order chi connectivity index (χ1) is 10.6. The van der Waals surface area contributed by atoms with Crippen molar-refractivity contribution in [3.8, 4) is 0 Å². The van der Waals surface area contributed by atoms with Crippen LogP contribution in [0, 0.1) is 17.8 Å². The van der Waals surface area contributed by atoms with E-state index >= 15 is 0 Å². The van der Waals surface area contributed by atoms with E-state index in [0.29, 0.717) is 12.3 Å². The highest BCUT2D eigenvalue weighted by atomic mass is 19.3. The molecule has 2 nitrogen and oxygen atoms in total. The molecule has 0 saturated heterocycles. The molecule has 2 saturated carbocycles. The molecule has 4 atom stereocenters. The summed E-state index contributed by atoms with van der Waals surface area (Å²) in [7, 11) is 0. The lowest BCUT2D eigenvalue weighted by atomic mass is 9.85. The zero-order valence-electron chi connectivity index (χ0n) is 12.8. The molecule has 4 unspecified atom stereocenters. The molecule has 2 rings (SSSR count). The second kappa shape index (κ2) is 6.24. The molecule has 2 bridgehead atoms. The summed E-state index contributed by atoms with van der Waals surface area (Å²) in [6.45, 7) is 4.89. The van der Waals surface area contributed by atoms with Gasteiger partial charge < -0.3 is 4.74 Å². The Bertz CT molecular complexity index is 527. The van der Waals surface area contributed by atoms with Crippen LogP contribution < -0.4 is 0 Å². The van der Waals surface area contributed by atoms with Crippen LogP contribution in [-0.2, 0) is 9.53 Å². The van der Waals surface area contributed by atoms with Crippen molar-refractivity contribution in [1.29, 1.82) is 0 Å². The molecule has 2 fully saturated rings. The molecule has 23 heavy (non-hydrogen) atoms. The van der Waals surface area contributed by atoms with Gasteiger partial charge in [-0.25, -0.2) is 0 Å². The fourth-order valence-electron chi connectivity index (χ4n) is 3.82. The van der Waals surface area contributed by atoms with Crippen molar-refractivity contribution >= 4 is 5.97 Å². The van der Waals surface area contributed by atoms with Gasteiger partial charge in [0.05, 0.1) is 0 Å². The Morgan fingerprint density at radius 1 is 1.39 bits per heavy atom. The van der Waals surface area contributed by atoms with Crippen LogP contribution in [0.25, 0.3) is 0 Å². The van der Waals surface area contributed by atoms with Crippen molar-refractivity contribution in [3.63, 3.8) is 0 Å². The van der Waals surface area contributed by atoms with E-state index in [2.05, 4.69) is 6.58 Å². The maximum Gasteiger partial charge on any atom is 0.317 e. The number of carbonyl (C=O) groups excluding carboxylic acids is 1. The van der Waals surface area contributed by atoms with Crippen molar-refractivity contribution in [1.82, 2.24) is 0 Å². The number of esters is 1. The first kappa shape index (κ1) is 17.9. The summed E-state index contributed by atoms with van der Waals surface area (Å²) in [4.78, 5) is 12.2. The lowest BCUT2D eigenvalue weighted by molar-refractivity contribution is -0.180. The number of carbonyl (C=O) groups is 1. The fraction of sp³-hybridized carbons (Fsp3) is 0.688. The summed E-state index contributed by atoms with van der Waals surface area (Å²) >= 11 is 0. The van der Waals surface area contributed by atoms with E-state index in [-0.39, 0.29) is 5.92 Å². The molecule has 0 amide bonds. The Balaban J connectivity index is 2.19. The third-order valence-electron chi connectivity index (χ3n) is 5.02. The number of alkyl halides is 2. The lowest BCUT2D eigenvalue weighted by Gasteiger charge is -2.35. The molecule has 2 aliphatic rings. The summed E-state index contributed by atoms with van der Waals surface area (Å²) in [6.07, 6.45) is 0.440. The highest BCUT2D eigenvalue weighted by molar-refractivity contribution is 5.75. The van der Waals surface area contributed by atoms with Crippen LogP contribution in [0.3, 0.4) is 0 Å². The first-order valence-electron chi connectivity index (χ1n) is 7.54.